The van der Waals surface area contributed by atoms with Gasteiger partial charge in [0.2, 0.25) is 0 Å². The quantitative estimate of drug-likeness (QED) is 0.768. The highest BCUT2D eigenvalue weighted by Gasteiger charge is 2.42. The largest absolute Gasteiger partial charge is 0.441 e. The van der Waals surface area contributed by atoms with Crippen molar-refractivity contribution in [1.29, 1.82) is 0 Å². The maximum Gasteiger partial charge on any atom is 0.407 e. The summed E-state index contributed by atoms with van der Waals surface area (Å²) in [7, 11) is 0. The van der Waals surface area contributed by atoms with Gasteiger partial charge in [0, 0.05) is 25.9 Å². The first-order valence-corrected chi connectivity index (χ1v) is 5.93. The molecule has 4 nitrogen and oxygen atoms in total. The SMILES string of the molecule is CCCCN1CCC2(CC1)CNC(=O)O2. The zero-order valence-corrected chi connectivity index (χ0v) is 9.42. The van der Waals surface area contributed by atoms with Gasteiger partial charge in [0.15, 0.2) is 0 Å². The van der Waals surface area contributed by atoms with Gasteiger partial charge >= 0.3 is 6.09 Å². The van der Waals surface area contributed by atoms with Crippen molar-refractivity contribution in [2.24, 2.45) is 0 Å². The van der Waals surface area contributed by atoms with Crippen molar-refractivity contribution in [3.63, 3.8) is 0 Å². The molecule has 1 spiro atoms. The molecule has 0 saturated carbocycles. The van der Waals surface area contributed by atoms with Gasteiger partial charge in [0.25, 0.3) is 0 Å². The molecule has 0 aromatic rings. The van der Waals surface area contributed by atoms with E-state index in [4.69, 9.17) is 4.74 Å². The fraction of sp³-hybridized carbons (Fsp3) is 0.909. The molecule has 86 valence electrons. The number of rotatable bonds is 3. The van der Waals surface area contributed by atoms with Crippen LogP contribution < -0.4 is 5.32 Å². The van der Waals surface area contributed by atoms with Crippen LogP contribution in [-0.2, 0) is 4.74 Å². The standard InChI is InChI=1S/C11H20N2O2/c1-2-3-6-13-7-4-11(5-8-13)9-12-10(14)15-11/h2-9H2,1H3,(H,12,14). The molecule has 15 heavy (non-hydrogen) atoms. The van der Waals surface area contributed by atoms with E-state index >= 15 is 0 Å². The molecule has 0 aromatic carbocycles. The van der Waals surface area contributed by atoms with E-state index < -0.39 is 0 Å². The van der Waals surface area contributed by atoms with Crippen molar-refractivity contribution in [1.82, 2.24) is 10.2 Å². The maximum absolute atomic E-state index is 11.0. The second kappa shape index (κ2) is 4.39. The molecule has 0 radical (unpaired) electrons. The lowest BCUT2D eigenvalue weighted by Gasteiger charge is -2.37. The van der Waals surface area contributed by atoms with Gasteiger partial charge in [-0.3, -0.25) is 0 Å². The first kappa shape index (κ1) is 10.7. The first-order valence-electron chi connectivity index (χ1n) is 5.93. The Hall–Kier alpha value is -0.770. The van der Waals surface area contributed by atoms with Crippen molar-refractivity contribution in [2.45, 2.75) is 38.2 Å². The minimum atomic E-state index is -0.239. The number of carbonyl (C=O) groups is 1. The van der Waals surface area contributed by atoms with Gasteiger partial charge < -0.3 is 15.0 Å². The first-order chi connectivity index (χ1) is 7.24. The van der Waals surface area contributed by atoms with Crippen LogP contribution in [0.1, 0.15) is 32.6 Å². The summed E-state index contributed by atoms with van der Waals surface area (Å²) in [6.07, 6.45) is 4.24. The molecule has 0 bridgehead atoms. The van der Waals surface area contributed by atoms with Crippen LogP contribution in [0.4, 0.5) is 4.79 Å². The van der Waals surface area contributed by atoms with E-state index in [1.165, 1.54) is 19.4 Å². The average molecular weight is 212 g/mol. The van der Waals surface area contributed by atoms with Crippen LogP contribution in [0.3, 0.4) is 0 Å². The normalized spacial score (nSPS) is 25.3. The molecule has 2 aliphatic rings. The number of carbonyl (C=O) groups excluding carboxylic acids is 1. The highest BCUT2D eigenvalue weighted by Crippen LogP contribution is 2.29. The van der Waals surface area contributed by atoms with Crippen LogP contribution in [0.2, 0.25) is 0 Å². The van der Waals surface area contributed by atoms with E-state index in [0.717, 1.165) is 25.9 Å². The van der Waals surface area contributed by atoms with E-state index in [0.29, 0.717) is 6.54 Å². The van der Waals surface area contributed by atoms with E-state index in [1.807, 2.05) is 0 Å². The number of ether oxygens (including phenoxy) is 1. The Bertz CT molecular complexity index is 235. The minimum absolute atomic E-state index is 0.181. The molecule has 1 amide bonds. The lowest BCUT2D eigenvalue weighted by Crippen LogP contribution is -2.46. The van der Waals surface area contributed by atoms with Crippen molar-refractivity contribution in [3.05, 3.63) is 0 Å². The molecule has 0 unspecified atom stereocenters. The number of amides is 1. The smallest absolute Gasteiger partial charge is 0.407 e. The summed E-state index contributed by atoms with van der Waals surface area (Å²) in [6.45, 7) is 6.24. The Morgan fingerprint density at radius 3 is 2.73 bits per heavy atom. The highest BCUT2D eigenvalue weighted by atomic mass is 16.6. The Morgan fingerprint density at radius 1 is 1.47 bits per heavy atom. The van der Waals surface area contributed by atoms with E-state index in [-0.39, 0.29) is 11.7 Å². The Balaban J connectivity index is 1.79. The predicted octanol–water partition coefficient (Wildman–Crippen LogP) is 1.36. The molecule has 0 aliphatic carbocycles. The van der Waals surface area contributed by atoms with Crippen molar-refractivity contribution < 1.29 is 9.53 Å². The summed E-state index contributed by atoms with van der Waals surface area (Å²) < 4.78 is 5.37. The van der Waals surface area contributed by atoms with Crippen LogP contribution in [-0.4, -0.2) is 42.8 Å². The number of hydrogen-bond donors (Lipinski definition) is 1. The Morgan fingerprint density at radius 2 is 2.20 bits per heavy atom. The molecule has 0 aromatic heterocycles. The van der Waals surface area contributed by atoms with Crippen LogP contribution in [0.5, 0.6) is 0 Å². The van der Waals surface area contributed by atoms with Crippen LogP contribution in [0.25, 0.3) is 0 Å². The molecular weight excluding hydrogens is 192 g/mol. The topological polar surface area (TPSA) is 41.6 Å². The average Bonchev–Trinajstić information content (AvgIpc) is 2.60. The van der Waals surface area contributed by atoms with Gasteiger partial charge in [-0.15, -0.1) is 0 Å². The summed E-state index contributed by atoms with van der Waals surface area (Å²) in [4.78, 5) is 13.5. The molecule has 4 heteroatoms. The molecule has 1 N–H and O–H groups in total. The molecular formula is C11H20N2O2. The fourth-order valence-electron chi connectivity index (χ4n) is 2.35. The van der Waals surface area contributed by atoms with E-state index in [9.17, 15) is 4.79 Å². The zero-order valence-electron chi connectivity index (χ0n) is 9.42. The van der Waals surface area contributed by atoms with Crippen LogP contribution in [0, 0.1) is 0 Å². The number of unbranched alkanes of at least 4 members (excludes halogenated alkanes) is 1. The van der Waals surface area contributed by atoms with E-state index in [2.05, 4.69) is 17.1 Å². The van der Waals surface area contributed by atoms with Crippen molar-refractivity contribution in [2.75, 3.05) is 26.2 Å². The van der Waals surface area contributed by atoms with Crippen molar-refractivity contribution >= 4 is 6.09 Å². The number of nitrogens with one attached hydrogen (secondary N) is 1. The lowest BCUT2D eigenvalue weighted by molar-refractivity contribution is 0.000726. The number of likely N-dealkylation sites (tertiary alicyclic amines) is 1. The van der Waals surface area contributed by atoms with Crippen LogP contribution >= 0.6 is 0 Å². The third kappa shape index (κ3) is 2.43. The van der Waals surface area contributed by atoms with Gasteiger partial charge in [0.05, 0.1) is 6.54 Å². The molecule has 2 fully saturated rings. The van der Waals surface area contributed by atoms with Gasteiger partial charge in [-0.2, -0.15) is 0 Å². The molecule has 2 saturated heterocycles. The summed E-state index contributed by atoms with van der Waals surface area (Å²) in [5.41, 5.74) is -0.181. The number of nitrogens with zero attached hydrogens (tertiary/aromatic N) is 1. The molecule has 0 atom stereocenters. The van der Waals surface area contributed by atoms with E-state index in [1.54, 1.807) is 0 Å². The monoisotopic (exact) mass is 212 g/mol. The number of alkyl carbamates (subject to hydrolysis) is 1. The number of piperidine rings is 1. The summed E-state index contributed by atoms with van der Waals surface area (Å²) in [6, 6.07) is 0. The highest BCUT2D eigenvalue weighted by molar-refractivity contribution is 5.70. The Labute approximate surface area is 91.0 Å². The molecule has 2 aliphatic heterocycles. The third-order valence-electron chi connectivity index (χ3n) is 3.46. The minimum Gasteiger partial charge on any atom is -0.441 e. The zero-order chi connectivity index (χ0) is 10.7. The summed E-state index contributed by atoms with van der Waals surface area (Å²) in [5, 5.41) is 2.76. The van der Waals surface area contributed by atoms with Crippen molar-refractivity contribution in [3.8, 4) is 0 Å². The summed E-state index contributed by atoms with van der Waals surface area (Å²) >= 11 is 0. The Kier molecular flexibility index (Phi) is 3.14. The number of hydrogen-bond acceptors (Lipinski definition) is 3. The molecule has 2 rings (SSSR count). The second-order valence-corrected chi connectivity index (χ2v) is 4.62. The van der Waals surface area contributed by atoms with Crippen LogP contribution in [0.15, 0.2) is 0 Å². The predicted molar refractivity (Wildman–Crippen MR) is 57.8 cm³/mol. The van der Waals surface area contributed by atoms with Gasteiger partial charge in [-0.05, 0) is 13.0 Å². The van der Waals surface area contributed by atoms with Gasteiger partial charge in [0.1, 0.15) is 5.60 Å². The van der Waals surface area contributed by atoms with Gasteiger partial charge in [-0.25, -0.2) is 4.79 Å². The lowest BCUT2D eigenvalue weighted by atomic mass is 9.91. The molecule has 2 heterocycles. The fourth-order valence-corrected chi connectivity index (χ4v) is 2.35. The second-order valence-electron chi connectivity index (χ2n) is 4.62. The summed E-state index contributed by atoms with van der Waals surface area (Å²) in [5.74, 6) is 0. The van der Waals surface area contributed by atoms with Gasteiger partial charge in [-0.1, -0.05) is 13.3 Å². The maximum atomic E-state index is 11.0. The third-order valence-corrected chi connectivity index (χ3v) is 3.46.